The smallest absolute Gasteiger partial charge is 0.315 e. The first-order valence-electron chi connectivity index (χ1n) is 10.6. The Balaban J connectivity index is 1.21. The van der Waals surface area contributed by atoms with Crippen molar-refractivity contribution in [3.63, 3.8) is 0 Å². The highest BCUT2D eigenvalue weighted by Crippen LogP contribution is 2.39. The number of likely N-dealkylation sites (tertiary alicyclic amines) is 1. The normalized spacial score (nSPS) is 39.1. The minimum absolute atomic E-state index is 0.0122. The van der Waals surface area contributed by atoms with E-state index in [4.69, 9.17) is 0 Å². The summed E-state index contributed by atoms with van der Waals surface area (Å²) in [7, 11) is 0. The van der Waals surface area contributed by atoms with E-state index in [9.17, 15) is 9.59 Å². The van der Waals surface area contributed by atoms with Crippen LogP contribution in [0.25, 0.3) is 0 Å². The minimum Gasteiger partial charge on any atom is -0.339 e. The zero-order valence-electron chi connectivity index (χ0n) is 15.9. The summed E-state index contributed by atoms with van der Waals surface area (Å²) in [5.74, 6) is 2.93. The highest BCUT2D eigenvalue weighted by Gasteiger charge is 2.42. The number of urea groups is 1. The Hall–Kier alpha value is -0.910. The third-order valence-electron chi connectivity index (χ3n) is 7.13. The van der Waals surface area contributed by atoms with Gasteiger partial charge >= 0.3 is 6.03 Å². The molecule has 6 atom stereocenters. The minimum atomic E-state index is -0.0122. The van der Waals surface area contributed by atoms with Crippen LogP contribution in [0, 0.1) is 11.8 Å². The summed E-state index contributed by atoms with van der Waals surface area (Å²) in [5.41, 5.74) is 0. The molecule has 4 aliphatic rings. The van der Waals surface area contributed by atoms with Gasteiger partial charge in [-0.3, -0.25) is 4.79 Å². The Morgan fingerprint density at radius 3 is 2.92 bits per heavy atom. The van der Waals surface area contributed by atoms with Crippen LogP contribution in [0.3, 0.4) is 0 Å². The molecule has 0 unspecified atom stereocenters. The van der Waals surface area contributed by atoms with Gasteiger partial charge in [0.15, 0.2) is 0 Å². The van der Waals surface area contributed by atoms with Gasteiger partial charge in [0.2, 0.25) is 5.91 Å². The van der Waals surface area contributed by atoms with Crippen molar-refractivity contribution in [1.82, 2.24) is 15.5 Å². The maximum Gasteiger partial charge on any atom is 0.315 e. The molecule has 0 aromatic heterocycles. The molecule has 3 aliphatic heterocycles. The molecular weight excluding hydrogens is 346 g/mol. The van der Waals surface area contributed by atoms with E-state index in [-0.39, 0.29) is 12.1 Å². The number of rotatable bonds is 5. The van der Waals surface area contributed by atoms with E-state index in [1.807, 2.05) is 11.8 Å². The average Bonchev–Trinajstić information content (AvgIpc) is 3.18. The van der Waals surface area contributed by atoms with Crippen molar-refractivity contribution >= 4 is 23.7 Å². The molecule has 0 aromatic rings. The molecule has 0 bridgehead atoms. The molecule has 3 amide bonds. The summed E-state index contributed by atoms with van der Waals surface area (Å²) in [6, 6.07) is 1.10. The number of thioether (sulfide) groups is 1. The topological polar surface area (TPSA) is 61.4 Å². The fraction of sp³-hybridized carbons (Fsp3) is 0.900. The third kappa shape index (κ3) is 3.71. The van der Waals surface area contributed by atoms with Gasteiger partial charge in [0.1, 0.15) is 0 Å². The maximum atomic E-state index is 12.8. The highest BCUT2D eigenvalue weighted by atomic mass is 32.2. The van der Waals surface area contributed by atoms with Crippen LogP contribution in [0.1, 0.15) is 64.7 Å². The van der Waals surface area contributed by atoms with Crippen LogP contribution in [0.4, 0.5) is 4.79 Å². The number of nitrogens with zero attached hydrogens (tertiary/aromatic N) is 1. The first-order valence-corrected chi connectivity index (χ1v) is 11.7. The molecule has 4 rings (SSSR count). The molecule has 1 aliphatic carbocycles. The van der Waals surface area contributed by atoms with Crippen molar-refractivity contribution in [2.45, 2.75) is 88.1 Å². The zero-order chi connectivity index (χ0) is 18.1. The fourth-order valence-corrected chi connectivity index (χ4v) is 7.17. The molecule has 1 saturated carbocycles. The van der Waals surface area contributed by atoms with Crippen molar-refractivity contribution in [3.05, 3.63) is 0 Å². The Bertz CT molecular complexity index is 543. The molecule has 2 N–H and O–H groups in total. The Morgan fingerprint density at radius 2 is 2.04 bits per heavy atom. The number of hydrogen-bond donors (Lipinski definition) is 2. The molecule has 4 fully saturated rings. The van der Waals surface area contributed by atoms with Gasteiger partial charge in [-0.05, 0) is 43.9 Å². The van der Waals surface area contributed by atoms with Crippen LogP contribution in [-0.2, 0) is 4.79 Å². The highest BCUT2D eigenvalue weighted by molar-refractivity contribution is 8.00. The molecule has 3 heterocycles. The summed E-state index contributed by atoms with van der Waals surface area (Å²) < 4.78 is 0. The van der Waals surface area contributed by atoms with E-state index < -0.39 is 0 Å². The van der Waals surface area contributed by atoms with E-state index in [1.165, 1.54) is 32.1 Å². The largest absolute Gasteiger partial charge is 0.339 e. The van der Waals surface area contributed by atoms with E-state index in [1.54, 1.807) is 0 Å². The lowest BCUT2D eigenvalue weighted by Gasteiger charge is -2.47. The first kappa shape index (κ1) is 18.5. The predicted molar refractivity (Wildman–Crippen MR) is 105 cm³/mol. The number of carbonyl (C=O) groups excluding carboxylic acids is 2. The van der Waals surface area contributed by atoms with Crippen molar-refractivity contribution in [3.8, 4) is 0 Å². The fourth-order valence-electron chi connectivity index (χ4n) is 5.63. The first-order chi connectivity index (χ1) is 12.6. The summed E-state index contributed by atoms with van der Waals surface area (Å²) in [4.78, 5) is 26.5. The molecule has 146 valence electrons. The Labute approximate surface area is 161 Å². The van der Waals surface area contributed by atoms with Crippen molar-refractivity contribution in [2.24, 2.45) is 11.8 Å². The molecular formula is C20H33N3O2S. The van der Waals surface area contributed by atoms with E-state index in [2.05, 4.69) is 22.5 Å². The van der Waals surface area contributed by atoms with Gasteiger partial charge in [-0.15, -0.1) is 0 Å². The average molecular weight is 380 g/mol. The van der Waals surface area contributed by atoms with E-state index in [0.29, 0.717) is 29.7 Å². The Kier molecular flexibility index (Phi) is 5.67. The molecule has 0 spiro atoms. The summed E-state index contributed by atoms with van der Waals surface area (Å²) in [5, 5.41) is 6.56. The van der Waals surface area contributed by atoms with Gasteiger partial charge in [-0.1, -0.05) is 26.2 Å². The quantitative estimate of drug-likeness (QED) is 0.570. The standard InChI is InChI=1S/C20H33N3O2S/c1-13-10-11-23(16-7-3-2-6-14(13)16)18(24)9-5-4-8-17-19-15(12-26-17)21-20(25)22-19/h13-17,19H,2-12H2,1H3,(H2,21,22,25)/t13-,14+,15+,16+,17+,19+/m1/s1. The second kappa shape index (κ2) is 7.99. The van der Waals surface area contributed by atoms with Crippen molar-refractivity contribution in [1.29, 1.82) is 0 Å². The van der Waals surface area contributed by atoms with Crippen LogP contribution >= 0.6 is 11.8 Å². The third-order valence-corrected chi connectivity index (χ3v) is 8.63. The number of amides is 3. The Morgan fingerprint density at radius 1 is 1.19 bits per heavy atom. The van der Waals surface area contributed by atoms with Gasteiger partial charge < -0.3 is 15.5 Å². The monoisotopic (exact) mass is 379 g/mol. The molecule has 3 saturated heterocycles. The molecule has 6 heteroatoms. The number of nitrogens with one attached hydrogen (secondary N) is 2. The van der Waals surface area contributed by atoms with Crippen LogP contribution in [0.2, 0.25) is 0 Å². The van der Waals surface area contributed by atoms with Gasteiger partial charge in [-0.2, -0.15) is 11.8 Å². The van der Waals surface area contributed by atoms with Gasteiger partial charge in [0.05, 0.1) is 12.1 Å². The lowest BCUT2D eigenvalue weighted by molar-refractivity contribution is -0.139. The summed E-state index contributed by atoms with van der Waals surface area (Å²) >= 11 is 1.97. The zero-order valence-corrected chi connectivity index (χ0v) is 16.7. The van der Waals surface area contributed by atoms with Gasteiger partial charge in [0.25, 0.3) is 0 Å². The van der Waals surface area contributed by atoms with Crippen LogP contribution in [-0.4, -0.2) is 52.5 Å². The lowest BCUT2D eigenvalue weighted by atomic mass is 9.72. The number of unbranched alkanes of at least 4 members (excludes halogenated alkanes) is 1. The predicted octanol–water partition coefficient (Wildman–Crippen LogP) is 3.14. The van der Waals surface area contributed by atoms with Crippen LogP contribution in [0.15, 0.2) is 0 Å². The molecule has 5 nitrogen and oxygen atoms in total. The number of piperidine rings is 1. The summed E-state index contributed by atoms with van der Waals surface area (Å²) in [6.07, 6.45) is 10.2. The second-order valence-electron chi connectivity index (χ2n) is 8.74. The number of hydrogen-bond acceptors (Lipinski definition) is 3. The lowest BCUT2D eigenvalue weighted by Crippen LogP contribution is -2.52. The van der Waals surface area contributed by atoms with Crippen molar-refractivity contribution < 1.29 is 9.59 Å². The van der Waals surface area contributed by atoms with E-state index >= 15 is 0 Å². The van der Waals surface area contributed by atoms with Crippen LogP contribution < -0.4 is 10.6 Å². The summed E-state index contributed by atoms with van der Waals surface area (Å²) in [6.45, 7) is 3.36. The van der Waals surface area contributed by atoms with Gasteiger partial charge in [0, 0.05) is 30.0 Å². The number of fused-ring (bicyclic) bond motifs is 2. The molecule has 0 radical (unpaired) electrons. The van der Waals surface area contributed by atoms with Gasteiger partial charge in [-0.25, -0.2) is 4.79 Å². The van der Waals surface area contributed by atoms with Crippen molar-refractivity contribution in [2.75, 3.05) is 12.3 Å². The SMILES string of the molecule is C[C@@H]1CCN(C(=O)CCCC[C@@H]2SC[C@@H]3NC(=O)N[C@@H]32)[C@H]2CCCC[C@@H]12. The molecule has 26 heavy (non-hydrogen) atoms. The maximum absolute atomic E-state index is 12.8. The number of carbonyl (C=O) groups is 2. The molecule has 0 aromatic carbocycles. The van der Waals surface area contributed by atoms with Crippen LogP contribution in [0.5, 0.6) is 0 Å². The van der Waals surface area contributed by atoms with E-state index in [0.717, 1.165) is 43.4 Å². The second-order valence-corrected chi connectivity index (χ2v) is 10.0.